The number of benzene rings is 1. The fraction of sp³-hybridized carbons (Fsp3) is 0.609. The summed E-state index contributed by atoms with van der Waals surface area (Å²) in [5, 5.41) is 16.0. The van der Waals surface area contributed by atoms with E-state index in [2.05, 4.69) is 40.0 Å². The molecule has 5 rings (SSSR count). The number of aliphatic imine (C=N–C) groups is 1. The van der Waals surface area contributed by atoms with Gasteiger partial charge in [-0.3, -0.25) is 4.99 Å². The number of fused-ring (bicyclic) bond motifs is 1. The number of rotatable bonds is 5. The average Bonchev–Trinajstić information content (AvgIpc) is 2.99. The van der Waals surface area contributed by atoms with Gasteiger partial charge < -0.3 is 24.5 Å². The monoisotopic (exact) mass is 397 g/mol. The van der Waals surface area contributed by atoms with Crippen molar-refractivity contribution in [2.45, 2.75) is 51.1 Å². The van der Waals surface area contributed by atoms with E-state index in [1.807, 2.05) is 0 Å². The molecule has 3 heterocycles. The van der Waals surface area contributed by atoms with Crippen molar-refractivity contribution in [2.24, 2.45) is 10.9 Å². The van der Waals surface area contributed by atoms with Crippen molar-refractivity contribution in [2.75, 3.05) is 38.3 Å². The zero-order chi connectivity index (χ0) is 19.8. The fourth-order valence-electron chi connectivity index (χ4n) is 4.92. The molecule has 6 heteroatoms. The maximum Gasteiger partial charge on any atom is 0.201 e. The lowest BCUT2D eigenvalue weighted by Gasteiger charge is -2.32. The second-order valence-electron chi connectivity index (χ2n) is 8.65. The number of aromatic nitrogens is 1. The molecule has 2 fully saturated rings. The summed E-state index contributed by atoms with van der Waals surface area (Å²) in [4.78, 5) is 4.68. The van der Waals surface area contributed by atoms with Crippen LogP contribution in [0.1, 0.15) is 50.6 Å². The molecule has 1 aromatic carbocycles. The van der Waals surface area contributed by atoms with Crippen LogP contribution in [0.5, 0.6) is 5.88 Å². The van der Waals surface area contributed by atoms with Crippen LogP contribution in [-0.4, -0.2) is 54.4 Å². The van der Waals surface area contributed by atoms with E-state index in [0.717, 1.165) is 59.8 Å². The Kier molecular flexibility index (Phi) is 5.22. The quantitative estimate of drug-likeness (QED) is 0.796. The van der Waals surface area contributed by atoms with Crippen LogP contribution < -0.4 is 5.32 Å². The smallest absolute Gasteiger partial charge is 0.201 e. The van der Waals surface area contributed by atoms with Gasteiger partial charge >= 0.3 is 0 Å². The van der Waals surface area contributed by atoms with Crippen molar-refractivity contribution in [3.05, 3.63) is 23.8 Å². The number of aromatic hydroxyl groups is 1. The van der Waals surface area contributed by atoms with E-state index in [1.165, 1.54) is 19.3 Å². The van der Waals surface area contributed by atoms with Crippen molar-refractivity contribution in [3.8, 4) is 5.88 Å². The van der Waals surface area contributed by atoms with E-state index in [4.69, 9.17) is 9.47 Å². The number of anilines is 1. The number of nitrogens with zero attached hydrogens (tertiary/aromatic N) is 2. The minimum atomic E-state index is 0.248. The summed E-state index contributed by atoms with van der Waals surface area (Å²) in [5.41, 5.74) is 3.87. The third-order valence-electron chi connectivity index (χ3n) is 6.85. The largest absolute Gasteiger partial charge is 0.494 e. The van der Waals surface area contributed by atoms with Crippen molar-refractivity contribution < 1.29 is 14.6 Å². The molecule has 0 amide bonds. The molecule has 2 aromatic rings. The second kappa shape index (κ2) is 8.00. The maximum atomic E-state index is 11.3. The number of nitrogens with one attached hydrogen (secondary N) is 1. The summed E-state index contributed by atoms with van der Waals surface area (Å²) < 4.78 is 13.3. The third-order valence-corrected chi connectivity index (χ3v) is 6.85. The van der Waals surface area contributed by atoms with Gasteiger partial charge in [0.2, 0.25) is 5.88 Å². The second-order valence-corrected chi connectivity index (χ2v) is 8.65. The Bertz CT molecular complexity index is 910. The van der Waals surface area contributed by atoms with E-state index in [9.17, 15) is 5.11 Å². The van der Waals surface area contributed by atoms with Crippen LogP contribution in [0.2, 0.25) is 0 Å². The van der Waals surface area contributed by atoms with Gasteiger partial charge in [-0.2, -0.15) is 0 Å². The minimum absolute atomic E-state index is 0.248. The molecule has 0 bridgehead atoms. The summed E-state index contributed by atoms with van der Waals surface area (Å²) in [6.45, 7) is 5.50. The first-order chi connectivity index (χ1) is 14.2. The van der Waals surface area contributed by atoms with Crippen LogP contribution in [0.3, 0.4) is 0 Å². The topological polar surface area (TPSA) is 68.0 Å². The molecular formula is C23H31N3O3. The maximum absolute atomic E-state index is 11.3. The molecule has 1 saturated heterocycles. The Labute approximate surface area is 171 Å². The highest BCUT2D eigenvalue weighted by atomic mass is 16.5. The first-order valence-electron chi connectivity index (χ1n) is 11.0. The molecule has 1 aromatic heterocycles. The molecule has 6 nitrogen and oxygen atoms in total. The van der Waals surface area contributed by atoms with Crippen LogP contribution in [0.25, 0.3) is 10.9 Å². The van der Waals surface area contributed by atoms with Gasteiger partial charge in [0.25, 0.3) is 0 Å². The van der Waals surface area contributed by atoms with Gasteiger partial charge in [0.15, 0.2) is 0 Å². The molecule has 29 heavy (non-hydrogen) atoms. The third kappa shape index (κ3) is 3.53. The minimum Gasteiger partial charge on any atom is -0.494 e. The van der Waals surface area contributed by atoms with Gasteiger partial charge in [0.05, 0.1) is 36.6 Å². The summed E-state index contributed by atoms with van der Waals surface area (Å²) in [6.07, 6.45) is 5.81. The van der Waals surface area contributed by atoms with E-state index >= 15 is 0 Å². The average molecular weight is 398 g/mol. The van der Waals surface area contributed by atoms with Crippen molar-refractivity contribution >= 4 is 22.3 Å². The zero-order valence-electron chi connectivity index (χ0n) is 17.2. The fourth-order valence-corrected chi connectivity index (χ4v) is 4.92. The summed E-state index contributed by atoms with van der Waals surface area (Å²) in [5.74, 6) is 1.09. The standard InChI is InChI=1S/C23H31N3O3/c1-15(16-3-2-4-16)25-17-5-6-21-19(13-17)22(20-14-29-12-9-24-20)23(27)26(21)18-7-10-28-11-8-18/h5-6,13,15-16,18,25,27H,2-4,7-12,14H2,1H3. The molecule has 156 valence electrons. The first-order valence-corrected chi connectivity index (χ1v) is 11.0. The Hall–Kier alpha value is -2.05. The highest BCUT2D eigenvalue weighted by Crippen LogP contribution is 2.40. The van der Waals surface area contributed by atoms with Gasteiger partial charge in [-0.25, -0.2) is 0 Å². The molecule has 3 aliphatic rings. The molecule has 2 aliphatic heterocycles. The Morgan fingerprint density at radius 3 is 2.66 bits per heavy atom. The Balaban J connectivity index is 1.57. The summed E-state index contributed by atoms with van der Waals surface area (Å²) in [6, 6.07) is 7.19. The molecular weight excluding hydrogens is 366 g/mol. The highest BCUT2D eigenvalue weighted by Gasteiger charge is 2.28. The van der Waals surface area contributed by atoms with Crippen molar-refractivity contribution in [1.82, 2.24) is 4.57 Å². The van der Waals surface area contributed by atoms with Crippen LogP contribution in [-0.2, 0) is 9.47 Å². The van der Waals surface area contributed by atoms with Crippen LogP contribution in [0.4, 0.5) is 5.69 Å². The van der Waals surface area contributed by atoms with Crippen molar-refractivity contribution in [1.29, 1.82) is 0 Å². The zero-order valence-corrected chi connectivity index (χ0v) is 17.2. The van der Waals surface area contributed by atoms with Crippen LogP contribution in [0, 0.1) is 5.92 Å². The molecule has 0 spiro atoms. The molecule has 1 saturated carbocycles. The van der Waals surface area contributed by atoms with Crippen LogP contribution >= 0.6 is 0 Å². The van der Waals surface area contributed by atoms with Crippen molar-refractivity contribution in [3.63, 3.8) is 0 Å². The molecule has 1 atom stereocenters. The Morgan fingerprint density at radius 1 is 1.14 bits per heavy atom. The van der Waals surface area contributed by atoms with Gasteiger partial charge in [0, 0.05) is 36.4 Å². The van der Waals surface area contributed by atoms with Gasteiger partial charge in [0.1, 0.15) is 0 Å². The van der Waals surface area contributed by atoms with E-state index in [-0.39, 0.29) is 6.04 Å². The van der Waals surface area contributed by atoms with E-state index in [0.29, 0.717) is 31.7 Å². The summed E-state index contributed by atoms with van der Waals surface area (Å²) in [7, 11) is 0. The predicted octanol–water partition coefficient (Wildman–Crippen LogP) is 4.12. The van der Waals surface area contributed by atoms with Crippen LogP contribution in [0.15, 0.2) is 23.2 Å². The molecule has 2 N–H and O–H groups in total. The predicted molar refractivity (Wildman–Crippen MR) is 115 cm³/mol. The van der Waals surface area contributed by atoms with Gasteiger partial charge in [-0.05, 0) is 56.7 Å². The number of hydrogen-bond donors (Lipinski definition) is 2. The lowest BCUT2D eigenvalue weighted by Crippen LogP contribution is -2.30. The number of ether oxygens (including phenoxy) is 2. The van der Waals surface area contributed by atoms with Gasteiger partial charge in [-0.1, -0.05) is 6.42 Å². The lowest BCUT2D eigenvalue weighted by molar-refractivity contribution is 0.0688. The number of hydrogen-bond acceptors (Lipinski definition) is 5. The normalized spacial score (nSPS) is 22.3. The van der Waals surface area contributed by atoms with E-state index < -0.39 is 0 Å². The molecule has 1 aliphatic carbocycles. The summed E-state index contributed by atoms with van der Waals surface area (Å²) >= 11 is 0. The SMILES string of the molecule is CC(Nc1ccc2c(c1)c(C1=NCCOC1)c(O)n2C1CCOCC1)C1CCC1. The highest BCUT2D eigenvalue weighted by molar-refractivity contribution is 6.14. The van der Waals surface area contributed by atoms with E-state index in [1.54, 1.807) is 0 Å². The first kappa shape index (κ1) is 18.9. The lowest BCUT2D eigenvalue weighted by atomic mass is 9.80. The molecule has 1 unspecified atom stereocenters. The molecule has 0 radical (unpaired) electrons. The van der Waals surface area contributed by atoms with Gasteiger partial charge in [-0.15, -0.1) is 0 Å². The Morgan fingerprint density at radius 2 is 1.97 bits per heavy atom.